The van der Waals surface area contributed by atoms with E-state index in [1.165, 1.54) is 35.7 Å². The van der Waals surface area contributed by atoms with Gasteiger partial charge < -0.3 is 4.74 Å². The lowest BCUT2D eigenvalue weighted by atomic mass is 9.87. The van der Waals surface area contributed by atoms with Gasteiger partial charge in [0.2, 0.25) is 0 Å². The Morgan fingerprint density at radius 3 is 2.31 bits per heavy atom. The molecule has 0 saturated heterocycles. The summed E-state index contributed by atoms with van der Waals surface area (Å²) in [7, 11) is 1.61. The Morgan fingerprint density at radius 2 is 1.72 bits per heavy atom. The van der Waals surface area contributed by atoms with Crippen LogP contribution in [0.2, 0.25) is 0 Å². The van der Waals surface area contributed by atoms with Crippen LogP contribution in [0.4, 0.5) is 5.69 Å². The van der Waals surface area contributed by atoms with E-state index in [9.17, 15) is 14.9 Å². The van der Waals surface area contributed by atoms with Crippen LogP contribution in [0.1, 0.15) is 31.9 Å². The Morgan fingerprint density at radius 1 is 1.05 bits per heavy atom. The Bertz CT molecular complexity index is 1470. The van der Waals surface area contributed by atoms with Crippen molar-refractivity contribution in [3.8, 4) is 22.8 Å². The number of thioether (sulfide) groups is 1. The molecule has 0 aliphatic heterocycles. The zero-order valence-electron chi connectivity index (χ0n) is 22.0. The third-order valence-corrected chi connectivity index (χ3v) is 6.74. The van der Waals surface area contributed by atoms with E-state index < -0.39 is 4.92 Å². The number of rotatable bonds is 9. The number of benzene rings is 3. The fraction of sp³-hybridized carbons (Fsp3) is 0.214. The fourth-order valence-corrected chi connectivity index (χ4v) is 4.40. The van der Waals surface area contributed by atoms with Crippen molar-refractivity contribution in [1.29, 1.82) is 0 Å². The van der Waals surface area contributed by atoms with Crippen LogP contribution >= 0.6 is 11.8 Å². The zero-order valence-corrected chi connectivity index (χ0v) is 22.8. The van der Waals surface area contributed by atoms with Gasteiger partial charge in [0, 0.05) is 23.4 Å². The van der Waals surface area contributed by atoms with Crippen LogP contribution in [0.5, 0.6) is 5.75 Å². The number of non-ortho nitro benzene ring substituents is 1. The van der Waals surface area contributed by atoms with E-state index in [1.54, 1.807) is 19.2 Å². The van der Waals surface area contributed by atoms with Crippen LogP contribution in [0.3, 0.4) is 0 Å². The van der Waals surface area contributed by atoms with E-state index in [0.29, 0.717) is 16.5 Å². The van der Waals surface area contributed by atoms with Gasteiger partial charge in [-0.1, -0.05) is 56.8 Å². The highest BCUT2D eigenvalue weighted by Crippen LogP contribution is 2.30. The van der Waals surface area contributed by atoms with Crippen molar-refractivity contribution in [2.24, 2.45) is 5.10 Å². The molecule has 0 unspecified atom stereocenters. The molecular formula is C28H28N6O4S. The topological polar surface area (TPSA) is 125 Å². The Hall–Kier alpha value is -4.51. The summed E-state index contributed by atoms with van der Waals surface area (Å²) in [4.78, 5) is 22.8. The Balaban J connectivity index is 1.51. The maximum Gasteiger partial charge on any atom is 0.269 e. The number of hydrogen-bond donors (Lipinski definition) is 1. The minimum absolute atomic E-state index is 0.0157. The average molecular weight is 545 g/mol. The van der Waals surface area contributed by atoms with Gasteiger partial charge in [0.15, 0.2) is 11.0 Å². The normalized spacial score (nSPS) is 11.5. The molecule has 1 heterocycles. The molecule has 1 N–H and O–H groups in total. The standard InChI is InChI=1S/C28H28N6O4S/c1-28(2,3)21-9-7-20(8-10-21)26-31-32-27(33(26)22-13-15-24(38-4)16-14-22)39-18-25(35)30-29-17-19-5-11-23(12-6-19)34(36)37/h5-17H,18H2,1-4H3,(H,30,35)/b29-17+. The lowest BCUT2D eigenvalue weighted by Crippen LogP contribution is -2.20. The molecule has 39 heavy (non-hydrogen) atoms. The summed E-state index contributed by atoms with van der Waals surface area (Å²) < 4.78 is 7.21. The third kappa shape index (κ3) is 6.88. The number of nitrogens with one attached hydrogen (secondary N) is 1. The molecule has 1 aromatic heterocycles. The lowest BCUT2D eigenvalue weighted by Gasteiger charge is -2.19. The second-order valence-electron chi connectivity index (χ2n) is 9.60. The minimum atomic E-state index is -0.475. The average Bonchev–Trinajstić information content (AvgIpc) is 3.36. The molecule has 11 heteroatoms. The molecule has 0 radical (unpaired) electrons. The quantitative estimate of drug-likeness (QED) is 0.130. The van der Waals surface area contributed by atoms with Gasteiger partial charge in [-0.25, -0.2) is 5.43 Å². The van der Waals surface area contributed by atoms with Crippen LogP contribution in [0.25, 0.3) is 17.1 Å². The summed E-state index contributed by atoms with van der Waals surface area (Å²) in [6, 6.07) is 21.6. The van der Waals surface area contributed by atoms with Crippen molar-refractivity contribution in [2.45, 2.75) is 31.3 Å². The number of hydrazone groups is 1. The number of methoxy groups -OCH3 is 1. The molecule has 3 aromatic carbocycles. The number of carbonyl (C=O) groups excluding carboxylic acids is 1. The molecule has 4 rings (SSSR count). The number of aromatic nitrogens is 3. The van der Waals surface area contributed by atoms with Gasteiger partial charge in [-0.2, -0.15) is 5.10 Å². The highest BCUT2D eigenvalue weighted by Gasteiger charge is 2.19. The molecule has 10 nitrogen and oxygen atoms in total. The minimum Gasteiger partial charge on any atom is -0.497 e. The maximum absolute atomic E-state index is 12.5. The number of nitrogens with zero attached hydrogens (tertiary/aromatic N) is 5. The summed E-state index contributed by atoms with van der Waals surface area (Å²) in [6.07, 6.45) is 1.42. The molecule has 0 fully saturated rings. The van der Waals surface area contributed by atoms with E-state index in [4.69, 9.17) is 4.74 Å². The smallest absolute Gasteiger partial charge is 0.269 e. The first-order valence-corrected chi connectivity index (χ1v) is 13.0. The molecule has 0 atom stereocenters. The third-order valence-electron chi connectivity index (χ3n) is 5.81. The first-order chi connectivity index (χ1) is 18.7. The van der Waals surface area contributed by atoms with Gasteiger partial charge in [-0.3, -0.25) is 19.5 Å². The molecule has 0 aliphatic rings. The maximum atomic E-state index is 12.5. The van der Waals surface area contributed by atoms with Crippen molar-refractivity contribution >= 4 is 29.6 Å². The van der Waals surface area contributed by atoms with Gasteiger partial charge in [0.1, 0.15) is 5.75 Å². The van der Waals surface area contributed by atoms with Gasteiger partial charge in [-0.05, 0) is 52.9 Å². The molecule has 200 valence electrons. The molecule has 0 bridgehead atoms. The molecule has 0 spiro atoms. The predicted octanol–water partition coefficient (Wildman–Crippen LogP) is 5.39. The van der Waals surface area contributed by atoms with Crippen molar-refractivity contribution in [2.75, 3.05) is 12.9 Å². The molecule has 4 aromatic rings. The van der Waals surface area contributed by atoms with E-state index in [1.807, 2.05) is 41.0 Å². The second-order valence-corrected chi connectivity index (χ2v) is 10.5. The van der Waals surface area contributed by atoms with Crippen LogP contribution in [0.15, 0.2) is 83.1 Å². The highest BCUT2D eigenvalue weighted by molar-refractivity contribution is 7.99. The lowest BCUT2D eigenvalue weighted by molar-refractivity contribution is -0.384. The van der Waals surface area contributed by atoms with E-state index in [0.717, 1.165) is 17.0 Å². The summed E-state index contributed by atoms with van der Waals surface area (Å²) >= 11 is 1.23. The van der Waals surface area contributed by atoms with E-state index in [-0.39, 0.29) is 22.8 Å². The molecule has 0 aliphatic carbocycles. The Kier molecular flexibility index (Phi) is 8.40. The van der Waals surface area contributed by atoms with Gasteiger partial charge in [-0.15, -0.1) is 10.2 Å². The first-order valence-electron chi connectivity index (χ1n) is 12.1. The molecule has 0 saturated carbocycles. The zero-order chi connectivity index (χ0) is 28.0. The van der Waals surface area contributed by atoms with Crippen LogP contribution in [-0.2, 0) is 10.2 Å². The second kappa shape index (κ2) is 11.9. The predicted molar refractivity (Wildman–Crippen MR) is 152 cm³/mol. The first kappa shape index (κ1) is 27.5. The van der Waals surface area contributed by atoms with Crippen molar-refractivity contribution in [1.82, 2.24) is 20.2 Å². The van der Waals surface area contributed by atoms with Crippen LogP contribution in [0, 0.1) is 10.1 Å². The molecule has 1 amide bonds. The number of nitro benzene ring substituents is 1. The van der Waals surface area contributed by atoms with Gasteiger partial charge >= 0.3 is 0 Å². The Labute approximate surface area is 230 Å². The summed E-state index contributed by atoms with van der Waals surface area (Å²) in [6.45, 7) is 6.49. The number of hydrogen-bond acceptors (Lipinski definition) is 8. The highest BCUT2D eigenvalue weighted by atomic mass is 32.2. The van der Waals surface area contributed by atoms with Crippen LogP contribution in [-0.4, -0.2) is 44.7 Å². The fourth-order valence-electron chi connectivity index (χ4n) is 3.66. The molecular weight excluding hydrogens is 516 g/mol. The van der Waals surface area contributed by atoms with Crippen molar-refractivity contribution < 1.29 is 14.5 Å². The summed E-state index contributed by atoms with van der Waals surface area (Å²) in [5.74, 6) is 1.09. The SMILES string of the molecule is COc1ccc(-n2c(SCC(=O)N/N=C/c3ccc([N+](=O)[O-])cc3)nnc2-c2ccc(C(C)(C)C)cc2)cc1. The van der Waals surface area contributed by atoms with Crippen molar-refractivity contribution in [3.05, 3.63) is 94.0 Å². The monoisotopic (exact) mass is 544 g/mol. The van der Waals surface area contributed by atoms with Gasteiger partial charge in [0.25, 0.3) is 11.6 Å². The number of carbonyl (C=O) groups is 1. The van der Waals surface area contributed by atoms with Crippen LogP contribution < -0.4 is 10.2 Å². The van der Waals surface area contributed by atoms with Crippen molar-refractivity contribution in [3.63, 3.8) is 0 Å². The number of amides is 1. The van der Waals surface area contributed by atoms with E-state index >= 15 is 0 Å². The van der Waals surface area contributed by atoms with E-state index in [2.05, 4.69) is 53.6 Å². The summed E-state index contributed by atoms with van der Waals surface area (Å²) in [5, 5.41) is 24.1. The van der Waals surface area contributed by atoms with Gasteiger partial charge in [0.05, 0.1) is 24.0 Å². The largest absolute Gasteiger partial charge is 0.497 e. The number of nitro groups is 1. The summed E-state index contributed by atoms with van der Waals surface area (Å²) in [5.41, 5.74) is 6.04. The number of ether oxygens (including phenoxy) is 1.